The average Bonchev–Trinajstić information content (AvgIpc) is 3.07. The van der Waals surface area contributed by atoms with Crippen LogP contribution >= 0.6 is 0 Å². The minimum atomic E-state index is -0.765. The molecule has 1 saturated carbocycles. The van der Waals surface area contributed by atoms with Crippen LogP contribution in [0.15, 0.2) is 24.3 Å². The van der Waals surface area contributed by atoms with E-state index in [0.29, 0.717) is 30.1 Å². The van der Waals surface area contributed by atoms with Gasteiger partial charge in [-0.2, -0.15) is 5.26 Å². The fraction of sp³-hybridized carbons (Fsp3) is 0.524. The lowest BCUT2D eigenvalue weighted by Gasteiger charge is -2.36. The topological polar surface area (TPSA) is 137 Å². The molecule has 4 fully saturated rings. The number of nitrogens with two attached hydrogens (primary N) is 2. The van der Waals surface area contributed by atoms with Crippen LogP contribution in [0.4, 0.5) is 5.69 Å². The Morgan fingerprint density at radius 2 is 2.00 bits per heavy atom. The van der Waals surface area contributed by atoms with Gasteiger partial charge in [-0.25, -0.2) is 0 Å². The van der Waals surface area contributed by atoms with E-state index >= 15 is 0 Å². The number of benzene rings is 1. The molecule has 3 heterocycles. The standard InChI is InChI=1S/C21H24N6O3/c22-8-12-5-11-6-17(11)26(12)20(29)15(23)10-25-9-13-7-18(25)21(30)27(13)16-4-2-1-3-14(16)19(24)28/h1-4,11-13,15,17-18H,5-7,9-10,23H2,(H2,24,28)/t11-,12+,13+,15+,17?,18+/m1/s1. The Labute approximate surface area is 174 Å². The van der Waals surface area contributed by atoms with E-state index in [1.54, 1.807) is 34.1 Å². The first-order valence-corrected chi connectivity index (χ1v) is 10.3. The zero-order valence-electron chi connectivity index (χ0n) is 16.5. The molecule has 3 amide bonds. The molecule has 5 rings (SSSR count). The van der Waals surface area contributed by atoms with Crippen molar-refractivity contribution in [3.05, 3.63) is 29.8 Å². The number of primary amides is 1. The van der Waals surface area contributed by atoms with Crippen molar-refractivity contribution in [3.63, 3.8) is 0 Å². The molecular weight excluding hydrogens is 384 g/mol. The molecule has 9 nitrogen and oxygen atoms in total. The van der Waals surface area contributed by atoms with Crippen LogP contribution < -0.4 is 16.4 Å². The molecule has 1 unspecified atom stereocenters. The van der Waals surface area contributed by atoms with E-state index in [-0.39, 0.29) is 42.5 Å². The van der Waals surface area contributed by atoms with Gasteiger partial charge in [0.1, 0.15) is 6.04 Å². The molecule has 6 atom stereocenters. The van der Waals surface area contributed by atoms with E-state index in [9.17, 15) is 19.6 Å². The number of rotatable bonds is 5. The number of piperazine rings is 1. The summed E-state index contributed by atoms with van der Waals surface area (Å²) in [6, 6.07) is 7.62. The Bertz CT molecular complexity index is 974. The van der Waals surface area contributed by atoms with Crippen LogP contribution in [0.25, 0.3) is 0 Å². The third kappa shape index (κ3) is 2.79. The van der Waals surface area contributed by atoms with E-state index in [2.05, 4.69) is 6.07 Å². The molecule has 156 valence electrons. The summed E-state index contributed by atoms with van der Waals surface area (Å²) in [7, 11) is 0. The van der Waals surface area contributed by atoms with Crippen molar-refractivity contribution in [3.8, 4) is 6.07 Å². The third-order valence-electron chi connectivity index (χ3n) is 6.95. The number of nitrogens with zero attached hydrogens (tertiary/aromatic N) is 4. The second kappa shape index (κ2) is 6.79. The molecule has 30 heavy (non-hydrogen) atoms. The van der Waals surface area contributed by atoms with Gasteiger partial charge in [-0.05, 0) is 37.3 Å². The lowest BCUT2D eigenvalue weighted by molar-refractivity contribution is -0.135. The fourth-order valence-electron chi connectivity index (χ4n) is 5.48. The van der Waals surface area contributed by atoms with Gasteiger partial charge in [-0.3, -0.25) is 19.3 Å². The van der Waals surface area contributed by atoms with E-state index in [0.717, 1.165) is 12.8 Å². The maximum absolute atomic E-state index is 13.1. The normalized spacial score (nSPS) is 32.8. The predicted molar refractivity (Wildman–Crippen MR) is 107 cm³/mol. The van der Waals surface area contributed by atoms with E-state index in [1.807, 2.05) is 4.90 Å². The van der Waals surface area contributed by atoms with Gasteiger partial charge < -0.3 is 21.3 Å². The zero-order valence-corrected chi connectivity index (χ0v) is 16.5. The molecule has 3 aliphatic heterocycles. The van der Waals surface area contributed by atoms with Gasteiger partial charge in [0.2, 0.25) is 11.8 Å². The number of fused-ring (bicyclic) bond motifs is 3. The lowest BCUT2D eigenvalue weighted by atomic mass is 10.1. The van der Waals surface area contributed by atoms with Gasteiger partial charge in [0.15, 0.2) is 0 Å². The van der Waals surface area contributed by atoms with Crippen molar-refractivity contribution in [1.82, 2.24) is 9.80 Å². The summed E-state index contributed by atoms with van der Waals surface area (Å²) in [5.74, 6) is -0.425. The highest BCUT2D eigenvalue weighted by molar-refractivity contribution is 6.07. The average molecular weight is 408 g/mol. The Balaban J connectivity index is 1.28. The van der Waals surface area contributed by atoms with Crippen LogP contribution in [-0.4, -0.2) is 70.8 Å². The number of carbonyl (C=O) groups is 3. The van der Waals surface area contributed by atoms with E-state index in [4.69, 9.17) is 11.5 Å². The second-order valence-corrected chi connectivity index (χ2v) is 8.74. The summed E-state index contributed by atoms with van der Waals surface area (Å²) in [5.41, 5.74) is 12.6. The van der Waals surface area contributed by atoms with Crippen LogP contribution in [0.2, 0.25) is 0 Å². The van der Waals surface area contributed by atoms with Crippen LogP contribution in [0.3, 0.4) is 0 Å². The summed E-state index contributed by atoms with van der Waals surface area (Å²) >= 11 is 0. The number of carbonyl (C=O) groups excluding carboxylic acids is 3. The molecule has 0 aromatic heterocycles. The molecule has 1 aromatic carbocycles. The van der Waals surface area contributed by atoms with Crippen LogP contribution in [-0.2, 0) is 9.59 Å². The van der Waals surface area contributed by atoms with Gasteiger partial charge in [0, 0.05) is 19.1 Å². The molecular formula is C21H24N6O3. The van der Waals surface area contributed by atoms with Crippen molar-refractivity contribution >= 4 is 23.4 Å². The first-order valence-electron chi connectivity index (χ1n) is 10.3. The van der Waals surface area contributed by atoms with Crippen molar-refractivity contribution in [2.75, 3.05) is 18.0 Å². The number of para-hydroxylation sites is 1. The fourth-order valence-corrected chi connectivity index (χ4v) is 5.48. The molecule has 4 N–H and O–H groups in total. The maximum atomic E-state index is 13.1. The van der Waals surface area contributed by atoms with Crippen LogP contribution in [0, 0.1) is 17.2 Å². The Hall–Kier alpha value is -2.96. The molecule has 1 aromatic rings. The van der Waals surface area contributed by atoms with E-state index < -0.39 is 11.9 Å². The minimum Gasteiger partial charge on any atom is -0.366 e. The van der Waals surface area contributed by atoms with E-state index in [1.165, 1.54) is 0 Å². The van der Waals surface area contributed by atoms with Gasteiger partial charge in [-0.1, -0.05) is 12.1 Å². The Morgan fingerprint density at radius 3 is 2.70 bits per heavy atom. The first-order chi connectivity index (χ1) is 14.4. The van der Waals surface area contributed by atoms with Crippen molar-refractivity contribution in [2.24, 2.45) is 17.4 Å². The summed E-state index contributed by atoms with van der Waals surface area (Å²) in [4.78, 5) is 43.0. The highest BCUT2D eigenvalue weighted by atomic mass is 16.2. The molecule has 0 spiro atoms. The summed E-state index contributed by atoms with van der Waals surface area (Å²) in [6.45, 7) is 0.862. The summed E-state index contributed by atoms with van der Waals surface area (Å²) < 4.78 is 0. The monoisotopic (exact) mass is 408 g/mol. The summed E-state index contributed by atoms with van der Waals surface area (Å²) in [6.07, 6.45) is 2.32. The van der Waals surface area contributed by atoms with Gasteiger partial charge in [-0.15, -0.1) is 0 Å². The second-order valence-electron chi connectivity index (χ2n) is 8.74. The maximum Gasteiger partial charge on any atom is 0.250 e. The number of piperidine rings is 1. The quantitative estimate of drug-likeness (QED) is 0.668. The zero-order chi connectivity index (χ0) is 21.2. The number of nitriles is 1. The molecule has 4 aliphatic rings. The van der Waals surface area contributed by atoms with Gasteiger partial charge in [0.25, 0.3) is 5.91 Å². The molecule has 1 aliphatic carbocycles. The summed E-state index contributed by atoms with van der Waals surface area (Å²) in [5, 5.41) is 9.33. The number of hydrogen-bond donors (Lipinski definition) is 2. The number of anilines is 1. The van der Waals surface area contributed by atoms with Crippen LogP contribution in [0.5, 0.6) is 0 Å². The van der Waals surface area contributed by atoms with Gasteiger partial charge >= 0.3 is 0 Å². The highest BCUT2D eigenvalue weighted by Crippen LogP contribution is 2.47. The predicted octanol–water partition coefficient (Wildman–Crippen LogP) is -0.585. The Kier molecular flexibility index (Phi) is 4.31. The van der Waals surface area contributed by atoms with Crippen molar-refractivity contribution < 1.29 is 14.4 Å². The lowest BCUT2D eigenvalue weighted by Crippen LogP contribution is -2.57. The molecule has 3 saturated heterocycles. The Morgan fingerprint density at radius 1 is 1.23 bits per heavy atom. The molecule has 0 radical (unpaired) electrons. The smallest absolute Gasteiger partial charge is 0.250 e. The van der Waals surface area contributed by atoms with Crippen molar-refractivity contribution in [1.29, 1.82) is 5.26 Å². The molecule has 2 bridgehead atoms. The molecule has 9 heteroatoms. The number of amides is 3. The van der Waals surface area contributed by atoms with Crippen molar-refractivity contribution in [2.45, 2.75) is 49.5 Å². The third-order valence-corrected chi connectivity index (χ3v) is 6.95. The SMILES string of the molecule is N#C[C@@H]1C[C@@H]2CC2N1C(=O)[C@@H](N)CN1C[C@@H]2C[C@H]1C(=O)N2c1ccccc1C(N)=O. The minimum absolute atomic E-state index is 0.0863. The first kappa shape index (κ1) is 19.0. The van der Waals surface area contributed by atoms with Gasteiger partial charge in [0.05, 0.1) is 35.4 Å². The highest BCUT2D eigenvalue weighted by Gasteiger charge is 2.56. The number of hydrogen-bond acceptors (Lipinski definition) is 6. The van der Waals surface area contributed by atoms with Crippen LogP contribution in [0.1, 0.15) is 29.6 Å². The largest absolute Gasteiger partial charge is 0.366 e. The number of likely N-dealkylation sites (tertiary alicyclic amines) is 2.